The van der Waals surface area contributed by atoms with Crippen LogP contribution in [0.3, 0.4) is 0 Å². The Bertz CT molecular complexity index is 464. The zero-order valence-corrected chi connectivity index (χ0v) is 13.0. The molecule has 112 valence electrons. The molecule has 7 heteroatoms. The van der Waals surface area contributed by atoms with E-state index in [1.165, 1.54) is 0 Å². The highest BCUT2D eigenvalue weighted by Gasteiger charge is 2.32. The molecule has 20 heavy (non-hydrogen) atoms. The molecule has 0 spiro atoms. The molecule has 1 aliphatic heterocycles. The Balaban J connectivity index is 2.25. The topological polar surface area (TPSA) is 66.4 Å². The van der Waals surface area contributed by atoms with Gasteiger partial charge in [0.2, 0.25) is 11.9 Å². The summed E-state index contributed by atoms with van der Waals surface area (Å²) in [6.45, 7) is 9.99. The summed E-state index contributed by atoms with van der Waals surface area (Å²) in [6.07, 6.45) is 0. The van der Waals surface area contributed by atoms with Gasteiger partial charge in [-0.05, 0) is 27.8 Å². The normalized spacial score (nSPS) is 18.9. The third-order valence-corrected chi connectivity index (χ3v) is 3.72. The van der Waals surface area contributed by atoms with E-state index in [-0.39, 0.29) is 5.54 Å². The number of nitrogens with one attached hydrogen (secondary N) is 1. The van der Waals surface area contributed by atoms with E-state index in [1.54, 1.807) is 7.11 Å². The zero-order chi connectivity index (χ0) is 14.8. The summed E-state index contributed by atoms with van der Waals surface area (Å²) in [7, 11) is 3.72. The summed E-state index contributed by atoms with van der Waals surface area (Å²) in [5.74, 6) is 1.24. The molecule has 0 atom stereocenters. The molecule has 2 rings (SSSR count). The second-order valence-corrected chi connectivity index (χ2v) is 5.63. The van der Waals surface area contributed by atoms with E-state index >= 15 is 0 Å². The minimum absolute atomic E-state index is 0.0937. The van der Waals surface area contributed by atoms with Crippen LogP contribution in [0.4, 0.5) is 11.9 Å². The van der Waals surface area contributed by atoms with Gasteiger partial charge in [-0.1, -0.05) is 0 Å². The van der Waals surface area contributed by atoms with Gasteiger partial charge in [-0.25, -0.2) is 0 Å². The van der Waals surface area contributed by atoms with Gasteiger partial charge in [0.1, 0.15) is 0 Å². The van der Waals surface area contributed by atoms with Crippen molar-refractivity contribution in [2.45, 2.75) is 26.3 Å². The minimum Gasteiger partial charge on any atom is -0.467 e. The highest BCUT2D eigenvalue weighted by atomic mass is 16.5. The third kappa shape index (κ3) is 3.09. The fraction of sp³-hybridized carbons (Fsp3) is 0.769. The number of methoxy groups -OCH3 is 1. The first-order chi connectivity index (χ1) is 9.46. The SMILES string of the molecule is CCNc1nc(OC)nc(N2CCN(C)C(C)(C)C2)n1. The molecule has 1 aromatic rings. The number of nitrogens with zero attached hydrogens (tertiary/aromatic N) is 5. The lowest BCUT2D eigenvalue weighted by Crippen LogP contribution is -2.58. The van der Waals surface area contributed by atoms with Crippen molar-refractivity contribution >= 4 is 11.9 Å². The van der Waals surface area contributed by atoms with E-state index in [9.17, 15) is 0 Å². The molecule has 1 fully saturated rings. The Morgan fingerprint density at radius 3 is 2.60 bits per heavy atom. The molecular weight excluding hydrogens is 256 g/mol. The second-order valence-electron chi connectivity index (χ2n) is 5.63. The fourth-order valence-electron chi connectivity index (χ4n) is 2.23. The maximum atomic E-state index is 5.17. The van der Waals surface area contributed by atoms with E-state index in [2.05, 4.69) is 51.0 Å². The van der Waals surface area contributed by atoms with Gasteiger partial charge in [-0.3, -0.25) is 4.90 Å². The molecule has 0 radical (unpaired) electrons. The first-order valence-corrected chi connectivity index (χ1v) is 6.96. The standard InChI is InChI=1S/C13H24N6O/c1-6-14-10-15-11(17-12(16-10)20-5)19-8-7-18(4)13(2,3)9-19/h6-9H2,1-5H3,(H,14,15,16,17). The maximum absolute atomic E-state index is 5.17. The highest BCUT2D eigenvalue weighted by Crippen LogP contribution is 2.23. The first-order valence-electron chi connectivity index (χ1n) is 6.96. The number of piperazine rings is 1. The van der Waals surface area contributed by atoms with Crippen LogP contribution in [-0.2, 0) is 0 Å². The van der Waals surface area contributed by atoms with Crippen molar-refractivity contribution < 1.29 is 4.74 Å². The molecule has 1 aromatic heterocycles. The Kier molecular flexibility index (Phi) is 4.27. The van der Waals surface area contributed by atoms with Gasteiger partial charge in [-0.2, -0.15) is 15.0 Å². The van der Waals surface area contributed by atoms with Crippen molar-refractivity contribution in [1.82, 2.24) is 19.9 Å². The average molecular weight is 280 g/mol. The van der Waals surface area contributed by atoms with Gasteiger partial charge < -0.3 is 15.0 Å². The van der Waals surface area contributed by atoms with E-state index in [0.717, 1.165) is 26.2 Å². The van der Waals surface area contributed by atoms with Gasteiger partial charge in [0.25, 0.3) is 0 Å². The number of anilines is 2. The van der Waals surface area contributed by atoms with Crippen LogP contribution >= 0.6 is 0 Å². The van der Waals surface area contributed by atoms with Crippen LogP contribution in [0.2, 0.25) is 0 Å². The van der Waals surface area contributed by atoms with Crippen molar-refractivity contribution in [1.29, 1.82) is 0 Å². The van der Waals surface area contributed by atoms with Crippen molar-refractivity contribution in [3.8, 4) is 6.01 Å². The van der Waals surface area contributed by atoms with Crippen molar-refractivity contribution in [3.63, 3.8) is 0 Å². The molecule has 1 N–H and O–H groups in total. The molecule has 0 saturated carbocycles. The number of rotatable bonds is 4. The minimum atomic E-state index is 0.0937. The van der Waals surface area contributed by atoms with E-state index in [0.29, 0.717) is 17.9 Å². The Morgan fingerprint density at radius 1 is 1.25 bits per heavy atom. The summed E-state index contributed by atoms with van der Waals surface area (Å²) < 4.78 is 5.17. The van der Waals surface area contributed by atoms with E-state index in [1.807, 2.05) is 6.92 Å². The Labute approximate surface area is 120 Å². The molecule has 0 amide bonds. The second kappa shape index (κ2) is 5.78. The third-order valence-electron chi connectivity index (χ3n) is 3.72. The predicted molar refractivity (Wildman–Crippen MR) is 79.5 cm³/mol. The fourth-order valence-corrected chi connectivity index (χ4v) is 2.23. The van der Waals surface area contributed by atoms with Gasteiger partial charge in [0, 0.05) is 31.7 Å². The molecule has 1 aliphatic rings. The van der Waals surface area contributed by atoms with E-state index < -0.39 is 0 Å². The maximum Gasteiger partial charge on any atom is 0.322 e. The van der Waals surface area contributed by atoms with Gasteiger partial charge in [0.05, 0.1) is 7.11 Å². The van der Waals surface area contributed by atoms with Crippen LogP contribution < -0.4 is 15.0 Å². The number of likely N-dealkylation sites (N-methyl/N-ethyl adjacent to an activating group) is 1. The highest BCUT2D eigenvalue weighted by molar-refractivity contribution is 5.39. The molecule has 1 saturated heterocycles. The van der Waals surface area contributed by atoms with Crippen molar-refractivity contribution in [3.05, 3.63) is 0 Å². The Morgan fingerprint density at radius 2 is 2.00 bits per heavy atom. The molecule has 0 bridgehead atoms. The summed E-state index contributed by atoms with van der Waals surface area (Å²) in [4.78, 5) is 17.6. The Hall–Kier alpha value is -1.63. The van der Waals surface area contributed by atoms with Crippen LogP contribution in [-0.4, -0.2) is 65.7 Å². The number of ether oxygens (including phenoxy) is 1. The zero-order valence-electron chi connectivity index (χ0n) is 13.0. The van der Waals surface area contributed by atoms with Gasteiger partial charge in [0.15, 0.2) is 0 Å². The van der Waals surface area contributed by atoms with Crippen LogP contribution in [0, 0.1) is 0 Å². The molecule has 0 unspecified atom stereocenters. The molecule has 7 nitrogen and oxygen atoms in total. The number of hydrogen-bond donors (Lipinski definition) is 1. The lowest BCUT2D eigenvalue weighted by Gasteiger charge is -2.45. The van der Waals surface area contributed by atoms with E-state index in [4.69, 9.17) is 4.74 Å². The molecular formula is C13H24N6O. The predicted octanol–water partition coefficient (Wildman–Crippen LogP) is 0.842. The smallest absolute Gasteiger partial charge is 0.322 e. The average Bonchev–Trinajstić information content (AvgIpc) is 2.41. The lowest BCUT2D eigenvalue weighted by atomic mass is 10.0. The summed E-state index contributed by atoms with van der Waals surface area (Å²) >= 11 is 0. The lowest BCUT2D eigenvalue weighted by molar-refractivity contribution is 0.138. The number of aromatic nitrogens is 3. The van der Waals surface area contributed by atoms with Crippen LogP contribution in [0.15, 0.2) is 0 Å². The monoisotopic (exact) mass is 280 g/mol. The summed E-state index contributed by atoms with van der Waals surface area (Å²) in [5, 5.41) is 3.11. The summed E-state index contributed by atoms with van der Waals surface area (Å²) in [6, 6.07) is 0.350. The van der Waals surface area contributed by atoms with Gasteiger partial charge >= 0.3 is 6.01 Å². The van der Waals surface area contributed by atoms with Crippen LogP contribution in [0.25, 0.3) is 0 Å². The quantitative estimate of drug-likeness (QED) is 0.876. The van der Waals surface area contributed by atoms with Gasteiger partial charge in [-0.15, -0.1) is 0 Å². The molecule has 0 aromatic carbocycles. The largest absolute Gasteiger partial charge is 0.467 e. The first kappa shape index (κ1) is 14.8. The molecule has 0 aliphatic carbocycles. The van der Waals surface area contributed by atoms with Crippen molar-refractivity contribution in [2.24, 2.45) is 0 Å². The molecule has 2 heterocycles. The summed E-state index contributed by atoms with van der Waals surface area (Å²) in [5.41, 5.74) is 0.0937. The number of hydrogen-bond acceptors (Lipinski definition) is 7. The van der Waals surface area contributed by atoms with Crippen LogP contribution in [0.1, 0.15) is 20.8 Å². The van der Waals surface area contributed by atoms with Crippen LogP contribution in [0.5, 0.6) is 6.01 Å². The van der Waals surface area contributed by atoms with Crippen molar-refractivity contribution in [2.75, 3.05) is 50.6 Å².